The third-order valence-electron chi connectivity index (χ3n) is 4.06. The first kappa shape index (κ1) is 18.6. The Morgan fingerprint density at radius 3 is 2.85 bits per heavy atom. The molecular weight excluding hydrogens is 349 g/mol. The van der Waals surface area contributed by atoms with Crippen molar-refractivity contribution in [1.29, 1.82) is 0 Å². The molecule has 0 unspecified atom stereocenters. The van der Waals surface area contributed by atoms with E-state index >= 15 is 0 Å². The van der Waals surface area contributed by atoms with Crippen molar-refractivity contribution in [2.75, 3.05) is 11.9 Å². The summed E-state index contributed by atoms with van der Waals surface area (Å²) in [7, 11) is 0. The first-order chi connectivity index (χ1) is 13.0. The molecular formula is C20H20FN3O3. The number of fused-ring (bicyclic) bond motifs is 1. The molecule has 0 atom stereocenters. The summed E-state index contributed by atoms with van der Waals surface area (Å²) in [6, 6.07) is 9.29. The van der Waals surface area contributed by atoms with E-state index in [4.69, 9.17) is 4.74 Å². The number of unbranched alkanes of at least 4 members (excludes halogenated alkanes) is 1. The molecule has 1 amide bonds. The molecule has 27 heavy (non-hydrogen) atoms. The number of imidazole rings is 1. The minimum absolute atomic E-state index is 0.237. The number of carbonyl (C=O) groups excluding carboxylic acids is 2. The highest BCUT2D eigenvalue weighted by Crippen LogP contribution is 2.17. The van der Waals surface area contributed by atoms with Gasteiger partial charge >= 0.3 is 5.97 Å². The van der Waals surface area contributed by atoms with Crippen molar-refractivity contribution in [3.05, 3.63) is 65.4 Å². The third-order valence-corrected chi connectivity index (χ3v) is 4.06. The molecule has 3 aromatic rings. The molecule has 0 aliphatic rings. The molecule has 0 fully saturated rings. The Morgan fingerprint density at radius 2 is 2.07 bits per heavy atom. The van der Waals surface area contributed by atoms with Crippen LogP contribution in [0, 0.1) is 12.7 Å². The summed E-state index contributed by atoms with van der Waals surface area (Å²) in [6.07, 6.45) is 2.95. The summed E-state index contributed by atoms with van der Waals surface area (Å²) in [5.41, 5.74) is 1.99. The van der Waals surface area contributed by atoms with Crippen LogP contribution in [0.25, 0.3) is 5.65 Å². The number of rotatable bonds is 6. The van der Waals surface area contributed by atoms with Gasteiger partial charge in [0.1, 0.15) is 17.2 Å². The molecule has 1 N–H and O–H groups in total. The molecule has 0 bridgehead atoms. The van der Waals surface area contributed by atoms with Gasteiger partial charge in [-0.05, 0) is 43.7 Å². The van der Waals surface area contributed by atoms with E-state index in [2.05, 4.69) is 10.3 Å². The lowest BCUT2D eigenvalue weighted by Crippen LogP contribution is -2.16. The fourth-order valence-electron chi connectivity index (χ4n) is 2.72. The van der Waals surface area contributed by atoms with E-state index in [1.54, 1.807) is 31.2 Å². The Hall–Kier alpha value is -3.22. The molecule has 1 aromatic carbocycles. The van der Waals surface area contributed by atoms with E-state index in [-0.39, 0.29) is 5.69 Å². The van der Waals surface area contributed by atoms with Gasteiger partial charge in [0, 0.05) is 11.9 Å². The van der Waals surface area contributed by atoms with Gasteiger partial charge in [0.2, 0.25) is 0 Å². The standard InChI is InChI=1S/C20H20FN3O3/c1-3-4-10-27-20(26)14-6-5-7-16(11-14)23-19(25)18-13(2)22-17-9-8-15(21)12-24(17)18/h5-9,11-12H,3-4,10H2,1-2H3,(H,23,25). The Kier molecular flexibility index (Phi) is 5.49. The number of ether oxygens (including phenoxy) is 1. The van der Waals surface area contributed by atoms with E-state index in [1.807, 2.05) is 6.92 Å². The number of aromatic nitrogens is 2. The number of nitrogens with zero attached hydrogens (tertiary/aromatic N) is 2. The highest BCUT2D eigenvalue weighted by atomic mass is 19.1. The van der Waals surface area contributed by atoms with Crippen molar-refractivity contribution in [1.82, 2.24) is 9.38 Å². The number of amides is 1. The predicted octanol–water partition coefficient (Wildman–Crippen LogP) is 3.99. The van der Waals surface area contributed by atoms with Crippen LogP contribution in [0.5, 0.6) is 0 Å². The molecule has 0 aliphatic heterocycles. The van der Waals surface area contributed by atoms with Crippen LogP contribution < -0.4 is 5.32 Å². The molecule has 7 heteroatoms. The van der Waals surface area contributed by atoms with Crippen molar-refractivity contribution >= 4 is 23.2 Å². The summed E-state index contributed by atoms with van der Waals surface area (Å²) < 4.78 is 20.1. The Bertz CT molecular complexity index is 997. The zero-order valence-electron chi connectivity index (χ0n) is 15.2. The summed E-state index contributed by atoms with van der Waals surface area (Å²) in [5, 5.41) is 2.73. The van der Waals surface area contributed by atoms with Crippen LogP contribution >= 0.6 is 0 Å². The lowest BCUT2D eigenvalue weighted by Gasteiger charge is -2.08. The van der Waals surface area contributed by atoms with Crippen molar-refractivity contribution in [2.45, 2.75) is 26.7 Å². The minimum Gasteiger partial charge on any atom is -0.462 e. The Morgan fingerprint density at radius 1 is 1.26 bits per heavy atom. The monoisotopic (exact) mass is 369 g/mol. The molecule has 0 saturated carbocycles. The number of hydrogen-bond acceptors (Lipinski definition) is 4. The second-order valence-electron chi connectivity index (χ2n) is 6.15. The SMILES string of the molecule is CCCCOC(=O)c1cccc(NC(=O)c2c(C)nc3ccc(F)cn23)c1. The molecule has 0 saturated heterocycles. The molecule has 3 rings (SSSR count). The first-order valence-corrected chi connectivity index (χ1v) is 8.72. The van der Waals surface area contributed by atoms with Crippen LogP contribution in [-0.2, 0) is 4.74 Å². The van der Waals surface area contributed by atoms with Crippen LogP contribution in [0.3, 0.4) is 0 Å². The van der Waals surface area contributed by atoms with Crippen molar-refractivity contribution in [3.8, 4) is 0 Å². The molecule has 0 radical (unpaired) electrons. The van der Waals surface area contributed by atoms with Crippen molar-refractivity contribution in [2.24, 2.45) is 0 Å². The second-order valence-corrected chi connectivity index (χ2v) is 6.15. The molecule has 2 aromatic heterocycles. The van der Waals surface area contributed by atoms with Gasteiger partial charge in [-0.3, -0.25) is 9.20 Å². The molecule has 0 aliphatic carbocycles. The molecule has 2 heterocycles. The average Bonchev–Trinajstić information content (AvgIpc) is 2.97. The first-order valence-electron chi connectivity index (χ1n) is 8.72. The molecule has 0 spiro atoms. The fourth-order valence-corrected chi connectivity index (χ4v) is 2.72. The van der Waals surface area contributed by atoms with Gasteiger partial charge < -0.3 is 10.1 Å². The van der Waals surface area contributed by atoms with Crippen LogP contribution in [-0.4, -0.2) is 27.9 Å². The zero-order valence-corrected chi connectivity index (χ0v) is 15.2. The normalized spacial score (nSPS) is 10.8. The summed E-state index contributed by atoms with van der Waals surface area (Å²) >= 11 is 0. The maximum Gasteiger partial charge on any atom is 0.338 e. The number of nitrogens with one attached hydrogen (secondary N) is 1. The second kappa shape index (κ2) is 7.99. The van der Waals surface area contributed by atoms with Gasteiger partial charge in [0.25, 0.3) is 5.91 Å². The number of halogens is 1. The number of hydrogen-bond donors (Lipinski definition) is 1. The summed E-state index contributed by atoms with van der Waals surface area (Å²) in [4.78, 5) is 29.0. The Labute approximate surface area is 156 Å². The van der Waals surface area contributed by atoms with E-state index in [9.17, 15) is 14.0 Å². The van der Waals surface area contributed by atoms with Crippen LogP contribution in [0.15, 0.2) is 42.6 Å². The minimum atomic E-state index is -0.467. The highest BCUT2D eigenvalue weighted by Gasteiger charge is 2.18. The van der Waals surface area contributed by atoms with Gasteiger partial charge in [-0.2, -0.15) is 0 Å². The Balaban J connectivity index is 1.81. The predicted molar refractivity (Wildman–Crippen MR) is 99.5 cm³/mol. The smallest absolute Gasteiger partial charge is 0.338 e. The number of anilines is 1. The summed E-state index contributed by atoms with van der Waals surface area (Å²) in [6.45, 7) is 4.05. The van der Waals surface area contributed by atoms with E-state index < -0.39 is 17.7 Å². The largest absolute Gasteiger partial charge is 0.462 e. The quantitative estimate of drug-likeness (QED) is 0.527. The third kappa shape index (κ3) is 4.13. The van der Waals surface area contributed by atoms with Crippen LogP contribution in [0.2, 0.25) is 0 Å². The maximum absolute atomic E-state index is 13.6. The van der Waals surface area contributed by atoms with Gasteiger partial charge in [-0.25, -0.2) is 14.2 Å². The van der Waals surface area contributed by atoms with Gasteiger partial charge in [0.15, 0.2) is 0 Å². The lowest BCUT2D eigenvalue weighted by atomic mass is 10.2. The number of pyridine rings is 1. The number of esters is 1. The van der Waals surface area contributed by atoms with Gasteiger partial charge in [-0.1, -0.05) is 19.4 Å². The molecule has 140 valence electrons. The van der Waals surface area contributed by atoms with E-state index in [1.165, 1.54) is 22.7 Å². The lowest BCUT2D eigenvalue weighted by molar-refractivity contribution is 0.0499. The highest BCUT2D eigenvalue weighted by molar-refractivity contribution is 6.05. The number of carbonyl (C=O) groups is 2. The average molecular weight is 369 g/mol. The number of aryl methyl sites for hydroxylation is 1. The van der Waals surface area contributed by atoms with Gasteiger partial charge in [-0.15, -0.1) is 0 Å². The van der Waals surface area contributed by atoms with Gasteiger partial charge in [0.05, 0.1) is 17.9 Å². The zero-order chi connectivity index (χ0) is 19.4. The molecule has 6 nitrogen and oxygen atoms in total. The van der Waals surface area contributed by atoms with Crippen molar-refractivity contribution in [3.63, 3.8) is 0 Å². The number of benzene rings is 1. The van der Waals surface area contributed by atoms with Crippen LogP contribution in [0.4, 0.5) is 10.1 Å². The van der Waals surface area contributed by atoms with Crippen LogP contribution in [0.1, 0.15) is 46.3 Å². The van der Waals surface area contributed by atoms with E-state index in [0.29, 0.717) is 29.2 Å². The van der Waals surface area contributed by atoms with Crippen molar-refractivity contribution < 1.29 is 18.7 Å². The summed E-state index contributed by atoms with van der Waals surface area (Å²) in [5.74, 6) is -1.35. The van der Waals surface area contributed by atoms with E-state index in [0.717, 1.165) is 12.8 Å². The fraction of sp³-hybridized carbons (Fsp3) is 0.250. The maximum atomic E-state index is 13.6. The topological polar surface area (TPSA) is 72.7 Å².